The maximum Gasteiger partial charge on any atom is 0.166 e. The summed E-state index contributed by atoms with van der Waals surface area (Å²) in [5, 5.41) is 7.27. The van der Waals surface area contributed by atoms with E-state index in [4.69, 9.17) is 17.0 Å². The average Bonchev–Trinajstić information content (AvgIpc) is 2.39. The molecule has 1 aromatic rings. The second-order valence-corrected chi connectivity index (χ2v) is 4.94. The molecule has 0 saturated carbocycles. The molecular formula is C14H20N2OS. The molecule has 0 bridgehead atoms. The van der Waals surface area contributed by atoms with E-state index in [0.717, 1.165) is 13.0 Å². The van der Waals surface area contributed by atoms with Crippen molar-refractivity contribution in [1.82, 2.24) is 10.6 Å². The fourth-order valence-electron chi connectivity index (χ4n) is 2.38. The summed E-state index contributed by atoms with van der Waals surface area (Å²) < 4.78 is 4.99. The summed E-state index contributed by atoms with van der Waals surface area (Å²) in [7, 11) is 1.69. The molecular weight excluding hydrogens is 244 g/mol. The minimum Gasteiger partial charge on any atom is -0.383 e. The molecule has 0 aromatic heterocycles. The molecule has 0 radical (unpaired) electrons. The van der Waals surface area contributed by atoms with Crippen LogP contribution in [0.1, 0.15) is 30.0 Å². The van der Waals surface area contributed by atoms with Crippen LogP contribution in [0.4, 0.5) is 0 Å². The number of ether oxygens (including phenoxy) is 1. The third kappa shape index (κ3) is 3.43. The normalized spacial score (nSPS) is 17.9. The van der Waals surface area contributed by atoms with E-state index in [9.17, 15) is 0 Å². The molecule has 2 N–H and O–H groups in total. The first kappa shape index (κ1) is 13.3. The van der Waals surface area contributed by atoms with Gasteiger partial charge in [-0.25, -0.2) is 0 Å². The van der Waals surface area contributed by atoms with Gasteiger partial charge in [-0.3, -0.25) is 0 Å². The molecule has 1 aliphatic carbocycles. The Hall–Kier alpha value is -1.13. The second-order valence-electron chi connectivity index (χ2n) is 4.54. The van der Waals surface area contributed by atoms with Crippen LogP contribution < -0.4 is 10.6 Å². The van der Waals surface area contributed by atoms with Crippen LogP contribution in [0.25, 0.3) is 0 Å². The maximum atomic E-state index is 5.30. The van der Waals surface area contributed by atoms with Crippen LogP contribution in [0.15, 0.2) is 24.3 Å². The summed E-state index contributed by atoms with van der Waals surface area (Å²) in [5.74, 6) is 0. The van der Waals surface area contributed by atoms with Gasteiger partial charge in [-0.15, -0.1) is 0 Å². The van der Waals surface area contributed by atoms with Gasteiger partial charge in [0.2, 0.25) is 0 Å². The highest BCUT2D eigenvalue weighted by atomic mass is 32.1. The summed E-state index contributed by atoms with van der Waals surface area (Å²) in [6.07, 6.45) is 3.54. The third-order valence-corrected chi connectivity index (χ3v) is 3.53. The van der Waals surface area contributed by atoms with Crippen molar-refractivity contribution in [2.24, 2.45) is 0 Å². The molecule has 0 heterocycles. The van der Waals surface area contributed by atoms with E-state index >= 15 is 0 Å². The van der Waals surface area contributed by atoms with Gasteiger partial charge in [0.25, 0.3) is 0 Å². The highest BCUT2D eigenvalue weighted by molar-refractivity contribution is 7.80. The van der Waals surface area contributed by atoms with Gasteiger partial charge in [0.15, 0.2) is 5.11 Å². The van der Waals surface area contributed by atoms with Crippen LogP contribution in [0.3, 0.4) is 0 Å². The molecule has 0 fully saturated rings. The van der Waals surface area contributed by atoms with E-state index in [1.807, 2.05) is 0 Å². The van der Waals surface area contributed by atoms with E-state index in [0.29, 0.717) is 17.8 Å². The van der Waals surface area contributed by atoms with Crippen molar-refractivity contribution in [1.29, 1.82) is 0 Å². The smallest absolute Gasteiger partial charge is 0.166 e. The van der Waals surface area contributed by atoms with Gasteiger partial charge in [-0.1, -0.05) is 24.3 Å². The van der Waals surface area contributed by atoms with Crippen molar-refractivity contribution >= 4 is 17.3 Å². The van der Waals surface area contributed by atoms with Gasteiger partial charge in [0.1, 0.15) is 0 Å². The Balaban J connectivity index is 1.92. The van der Waals surface area contributed by atoms with Crippen molar-refractivity contribution < 1.29 is 4.74 Å². The zero-order chi connectivity index (χ0) is 12.8. The van der Waals surface area contributed by atoms with Crippen LogP contribution in [0, 0.1) is 0 Å². The molecule has 98 valence electrons. The SMILES string of the molecule is COCCNC(=S)N[C@@H]1CCCc2ccccc21. The van der Waals surface area contributed by atoms with E-state index in [1.54, 1.807) is 7.11 Å². The van der Waals surface area contributed by atoms with Crippen molar-refractivity contribution in [2.75, 3.05) is 20.3 Å². The number of methoxy groups -OCH3 is 1. The van der Waals surface area contributed by atoms with E-state index in [1.165, 1.54) is 24.0 Å². The number of thiocarbonyl (C=S) groups is 1. The molecule has 0 aliphatic heterocycles. The number of aryl methyl sites for hydroxylation is 1. The third-order valence-electron chi connectivity index (χ3n) is 3.27. The summed E-state index contributed by atoms with van der Waals surface area (Å²) in [4.78, 5) is 0. The first-order valence-corrected chi connectivity index (χ1v) is 6.83. The first-order chi connectivity index (χ1) is 8.81. The summed E-state index contributed by atoms with van der Waals surface area (Å²) in [6, 6.07) is 8.96. The number of nitrogens with one attached hydrogen (secondary N) is 2. The largest absolute Gasteiger partial charge is 0.383 e. The van der Waals surface area contributed by atoms with Crippen molar-refractivity contribution in [3.05, 3.63) is 35.4 Å². The van der Waals surface area contributed by atoms with Crippen LogP contribution in [0.2, 0.25) is 0 Å². The maximum absolute atomic E-state index is 5.30. The Bertz CT molecular complexity index is 409. The number of hydrogen-bond acceptors (Lipinski definition) is 2. The van der Waals surface area contributed by atoms with Gasteiger partial charge in [0.05, 0.1) is 12.6 Å². The Morgan fingerprint density at radius 2 is 2.28 bits per heavy atom. The minimum absolute atomic E-state index is 0.345. The average molecular weight is 264 g/mol. The molecule has 0 saturated heterocycles. The van der Waals surface area contributed by atoms with Gasteiger partial charge < -0.3 is 15.4 Å². The molecule has 1 aliphatic rings. The minimum atomic E-state index is 0.345. The summed E-state index contributed by atoms with van der Waals surface area (Å²) >= 11 is 5.30. The molecule has 0 unspecified atom stereocenters. The molecule has 0 spiro atoms. The van der Waals surface area contributed by atoms with Gasteiger partial charge in [-0.2, -0.15) is 0 Å². The van der Waals surface area contributed by atoms with Gasteiger partial charge in [0, 0.05) is 13.7 Å². The molecule has 4 heteroatoms. The van der Waals surface area contributed by atoms with E-state index in [2.05, 4.69) is 34.9 Å². The zero-order valence-electron chi connectivity index (χ0n) is 10.7. The molecule has 0 amide bonds. The van der Waals surface area contributed by atoms with Crippen molar-refractivity contribution in [3.63, 3.8) is 0 Å². The van der Waals surface area contributed by atoms with Crippen LogP contribution in [-0.2, 0) is 11.2 Å². The fraction of sp³-hybridized carbons (Fsp3) is 0.500. The molecule has 1 atom stereocenters. The Kier molecular flexibility index (Phi) is 4.96. The lowest BCUT2D eigenvalue weighted by molar-refractivity contribution is 0.203. The molecule has 2 rings (SSSR count). The fourth-order valence-corrected chi connectivity index (χ4v) is 2.62. The highest BCUT2D eigenvalue weighted by Crippen LogP contribution is 2.29. The number of rotatable bonds is 4. The number of hydrogen-bond donors (Lipinski definition) is 2. The molecule has 18 heavy (non-hydrogen) atoms. The van der Waals surface area contributed by atoms with E-state index < -0.39 is 0 Å². The predicted molar refractivity (Wildman–Crippen MR) is 77.7 cm³/mol. The summed E-state index contributed by atoms with van der Waals surface area (Å²) in [6.45, 7) is 1.42. The lowest BCUT2D eigenvalue weighted by Gasteiger charge is -2.27. The van der Waals surface area contributed by atoms with Crippen molar-refractivity contribution in [3.8, 4) is 0 Å². The lowest BCUT2D eigenvalue weighted by atomic mass is 9.88. The Labute approximate surface area is 114 Å². The number of benzene rings is 1. The predicted octanol–water partition coefficient (Wildman–Crippen LogP) is 2.17. The molecule has 1 aromatic carbocycles. The van der Waals surface area contributed by atoms with Gasteiger partial charge in [-0.05, 0) is 42.6 Å². The van der Waals surface area contributed by atoms with E-state index in [-0.39, 0.29) is 0 Å². The zero-order valence-corrected chi connectivity index (χ0v) is 11.6. The quantitative estimate of drug-likeness (QED) is 0.645. The Morgan fingerprint density at radius 1 is 1.44 bits per heavy atom. The monoisotopic (exact) mass is 264 g/mol. The number of fused-ring (bicyclic) bond motifs is 1. The second kappa shape index (κ2) is 6.71. The topological polar surface area (TPSA) is 33.3 Å². The first-order valence-electron chi connectivity index (χ1n) is 6.42. The summed E-state index contributed by atoms with van der Waals surface area (Å²) in [5.41, 5.74) is 2.83. The highest BCUT2D eigenvalue weighted by Gasteiger charge is 2.19. The van der Waals surface area contributed by atoms with Crippen molar-refractivity contribution in [2.45, 2.75) is 25.3 Å². The van der Waals surface area contributed by atoms with Gasteiger partial charge >= 0.3 is 0 Å². The van der Waals surface area contributed by atoms with Crippen LogP contribution in [0.5, 0.6) is 0 Å². The standard InChI is InChI=1S/C14H20N2OS/c1-17-10-9-15-14(18)16-13-8-4-6-11-5-2-3-7-12(11)13/h2-3,5,7,13H,4,6,8-10H2,1H3,(H2,15,16,18)/t13-/m1/s1. The van der Waals surface area contributed by atoms with Crippen LogP contribution in [-0.4, -0.2) is 25.4 Å². The Morgan fingerprint density at radius 3 is 3.11 bits per heavy atom. The molecule has 3 nitrogen and oxygen atoms in total. The lowest BCUT2D eigenvalue weighted by Crippen LogP contribution is -2.40. The van der Waals surface area contributed by atoms with Crippen LogP contribution >= 0.6 is 12.2 Å².